The van der Waals surface area contributed by atoms with Gasteiger partial charge in [0.05, 0.1) is 29.8 Å². The maximum Gasteiger partial charge on any atom is 0.256 e. The molecule has 0 radical (unpaired) electrons. The van der Waals surface area contributed by atoms with Gasteiger partial charge in [0.1, 0.15) is 5.82 Å². The highest BCUT2D eigenvalue weighted by Crippen LogP contribution is 2.33. The highest BCUT2D eigenvalue weighted by Gasteiger charge is 2.20. The van der Waals surface area contributed by atoms with Gasteiger partial charge in [0.2, 0.25) is 0 Å². The zero-order valence-electron chi connectivity index (χ0n) is 15.3. The molecule has 0 aliphatic carbocycles. The Labute approximate surface area is 156 Å². The van der Waals surface area contributed by atoms with Crippen molar-refractivity contribution < 1.29 is 13.9 Å². The smallest absolute Gasteiger partial charge is 0.256 e. The highest BCUT2D eigenvalue weighted by molar-refractivity contribution is 6.10. The van der Waals surface area contributed by atoms with Gasteiger partial charge in [0.15, 0.2) is 5.82 Å². The molecule has 0 spiro atoms. The molecule has 140 valence electrons. The van der Waals surface area contributed by atoms with Crippen LogP contribution in [0.5, 0.6) is 0 Å². The maximum atomic E-state index is 13.8. The number of nitrogens with one attached hydrogen (secondary N) is 1. The van der Waals surface area contributed by atoms with E-state index < -0.39 is 5.82 Å². The summed E-state index contributed by atoms with van der Waals surface area (Å²) in [7, 11) is 1.84. The van der Waals surface area contributed by atoms with Crippen LogP contribution in [0.15, 0.2) is 36.4 Å². The van der Waals surface area contributed by atoms with Crippen LogP contribution in [0.2, 0.25) is 0 Å². The predicted molar refractivity (Wildman–Crippen MR) is 103 cm³/mol. The Morgan fingerprint density at radius 1 is 1.22 bits per heavy atom. The lowest BCUT2D eigenvalue weighted by Crippen LogP contribution is -2.36. The quantitative estimate of drug-likeness (QED) is 0.772. The van der Waals surface area contributed by atoms with Crippen LogP contribution in [0, 0.1) is 12.7 Å². The van der Waals surface area contributed by atoms with Crippen molar-refractivity contribution in [2.75, 3.05) is 36.5 Å². The average Bonchev–Trinajstić information content (AvgIpc) is 3.00. The number of amides is 1. The molecule has 1 aliphatic heterocycles. The van der Waals surface area contributed by atoms with Crippen molar-refractivity contribution in [3.05, 3.63) is 53.3 Å². The first-order chi connectivity index (χ1) is 13.0. The normalized spacial score (nSPS) is 14.6. The zero-order chi connectivity index (χ0) is 19.0. The second-order valence-corrected chi connectivity index (χ2v) is 6.66. The molecule has 2 aromatic carbocycles. The molecule has 0 bridgehead atoms. The molecular formula is C20H21FN4O2. The van der Waals surface area contributed by atoms with Crippen LogP contribution in [0.25, 0.3) is 10.9 Å². The summed E-state index contributed by atoms with van der Waals surface area (Å²) in [6.45, 7) is 4.56. The minimum Gasteiger partial charge on any atom is -0.378 e. The Hall–Kier alpha value is -2.93. The van der Waals surface area contributed by atoms with Gasteiger partial charge in [-0.2, -0.15) is 5.10 Å². The van der Waals surface area contributed by atoms with E-state index in [2.05, 4.69) is 15.3 Å². The number of morpholine rings is 1. The number of benzene rings is 2. The van der Waals surface area contributed by atoms with E-state index in [1.807, 2.05) is 25.2 Å². The van der Waals surface area contributed by atoms with E-state index in [9.17, 15) is 9.18 Å². The van der Waals surface area contributed by atoms with E-state index in [4.69, 9.17) is 4.74 Å². The van der Waals surface area contributed by atoms with Crippen LogP contribution < -0.4 is 10.2 Å². The van der Waals surface area contributed by atoms with Crippen LogP contribution in [-0.4, -0.2) is 42.0 Å². The van der Waals surface area contributed by atoms with E-state index in [-0.39, 0.29) is 11.5 Å². The lowest BCUT2D eigenvalue weighted by Gasteiger charge is -2.29. The fraction of sp³-hybridized carbons (Fsp3) is 0.300. The Morgan fingerprint density at radius 2 is 2.00 bits per heavy atom. The number of halogens is 1. The molecule has 1 amide bonds. The van der Waals surface area contributed by atoms with E-state index in [1.165, 1.54) is 6.07 Å². The molecule has 3 aromatic rings. The van der Waals surface area contributed by atoms with Crippen molar-refractivity contribution in [2.45, 2.75) is 6.92 Å². The summed E-state index contributed by atoms with van der Waals surface area (Å²) in [5.41, 5.74) is 2.70. The molecule has 1 N–H and O–H groups in total. The number of aromatic nitrogens is 2. The summed E-state index contributed by atoms with van der Waals surface area (Å²) >= 11 is 0. The molecule has 6 nitrogen and oxygen atoms in total. The van der Waals surface area contributed by atoms with Crippen molar-refractivity contribution in [1.82, 2.24) is 9.78 Å². The van der Waals surface area contributed by atoms with Gasteiger partial charge in [-0.05, 0) is 36.8 Å². The third-order valence-corrected chi connectivity index (χ3v) is 4.87. The van der Waals surface area contributed by atoms with E-state index in [0.717, 1.165) is 29.7 Å². The molecule has 4 rings (SSSR count). The van der Waals surface area contributed by atoms with Gasteiger partial charge >= 0.3 is 0 Å². The summed E-state index contributed by atoms with van der Waals surface area (Å²) in [5.74, 6) is -0.311. The summed E-state index contributed by atoms with van der Waals surface area (Å²) in [4.78, 5) is 14.9. The number of nitrogens with zero attached hydrogens (tertiary/aromatic N) is 3. The van der Waals surface area contributed by atoms with Crippen molar-refractivity contribution in [2.24, 2.45) is 7.05 Å². The van der Waals surface area contributed by atoms with Crippen LogP contribution >= 0.6 is 0 Å². The molecule has 1 aliphatic rings. The summed E-state index contributed by atoms with van der Waals surface area (Å²) in [6.07, 6.45) is 0. The number of aryl methyl sites for hydroxylation is 2. The number of anilines is 2. The molecule has 27 heavy (non-hydrogen) atoms. The standard InChI is InChI=1S/C20H21FN4O2/c1-13-6-7-14(12-15(13)21)20(26)22-19-18-16(24(2)23-19)4-3-5-17(18)25-8-10-27-11-9-25/h3-7,12H,8-11H2,1-2H3,(H,22,23,26). The van der Waals surface area contributed by atoms with Gasteiger partial charge in [-0.1, -0.05) is 12.1 Å². The van der Waals surface area contributed by atoms with E-state index in [0.29, 0.717) is 24.6 Å². The Bertz CT molecular complexity index is 1010. The number of hydrogen-bond acceptors (Lipinski definition) is 4. The lowest BCUT2D eigenvalue weighted by molar-refractivity contribution is 0.102. The first-order valence-electron chi connectivity index (χ1n) is 8.90. The molecule has 0 atom stereocenters. The fourth-order valence-electron chi connectivity index (χ4n) is 3.36. The highest BCUT2D eigenvalue weighted by atomic mass is 19.1. The second kappa shape index (κ2) is 7.00. The van der Waals surface area contributed by atoms with Crippen LogP contribution in [-0.2, 0) is 11.8 Å². The number of hydrogen-bond donors (Lipinski definition) is 1. The Morgan fingerprint density at radius 3 is 2.74 bits per heavy atom. The summed E-state index contributed by atoms with van der Waals surface area (Å²) in [5, 5.41) is 8.21. The molecule has 1 saturated heterocycles. The zero-order valence-corrected chi connectivity index (χ0v) is 15.3. The van der Waals surface area contributed by atoms with Gasteiger partial charge in [-0.15, -0.1) is 0 Å². The summed E-state index contributed by atoms with van der Waals surface area (Å²) < 4.78 is 21.0. The first kappa shape index (κ1) is 17.5. The number of ether oxygens (including phenoxy) is 1. The Kier molecular flexibility index (Phi) is 4.53. The van der Waals surface area contributed by atoms with Crippen molar-refractivity contribution in [3.8, 4) is 0 Å². The van der Waals surface area contributed by atoms with Gasteiger partial charge in [-0.3, -0.25) is 9.48 Å². The fourth-order valence-corrected chi connectivity index (χ4v) is 3.36. The maximum absolute atomic E-state index is 13.8. The molecule has 2 heterocycles. The first-order valence-corrected chi connectivity index (χ1v) is 8.90. The SMILES string of the molecule is Cc1ccc(C(=O)Nc2nn(C)c3cccc(N4CCOCC4)c23)cc1F. The summed E-state index contributed by atoms with van der Waals surface area (Å²) in [6, 6.07) is 10.4. The number of carbonyl (C=O) groups excluding carboxylic acids is 1. The van der Waals surface area contributed by atoms with Gasteiger partial charge < -0.3 is 15.0 Å². The minimum absolute atomic E-state index is 0.265. The van der Waals surface area contributed by atoms with Crippen LogP contribution in [0.4, 0.5) is 15.9 Å². The lowest BCUT2D eigenvalue weighted by atomic mass is 10.1. The van der Waals surface area contributed by atoms with Crippen molar-refractivity contribution in [1.29, 1.82) is 0 Å². The van der Waals surface area contributed by atoms with Crippen molar-refractivity contribution in [3.63, 3.8) is 0 Å². The minimum atomic E-state index is -0.400. The third-order valence-electron chi connectivity index (χ3n) is 4.87. The average molecular weight is 368 g/mol. The molecule has 1 fully saturated rings. The van der Waals surface area contributed by atoms with Crippen LogP contribution in [0.3, 0.4) is 0 Å². The monoisotopic (exact) mass is 368 g/mol. The molecule has 0 saturated carbocycles. The molecular weight excluding hydrogens is 347 g/mol. The predicted octanol–water partition coefficient (Wildman–Crippen LogP) is 3.11. The van der Waals surface area contributed by atoms with Gasteiger partial charge in [-0.25, -0.2) is 4.39 Å². The Balaban J connectivity index is 1.72. The van der Waals surface area contributed by atoms with Crippen molar-refractivity contribution >= 4 is 28.3 Å². The van der Waals surface area contributed by atoms with E-state index in [1.54, 1.807) is 23.7 Å². The topological polar surface area (TPSA) is 59.4 Å². The molecule has 1 aromatic heterocycles. The van der Waals surface area contributed by atoms with Gasteiger partial charge in [0.25, 0.3) is 5.91 Å². The number of rotatable bonds is 3. The van der Waals surface area contributed by atoms with Gasteiger partial charge in [0, 0.05) is 25.7 Å². The molecule has 0 unspecified atom stereocenters. The second-order valence-electron chi connectivity index (χ2n) is 6.66. The van der Waals surface area contributed by atoms with Crippen LogP contribution in [0.1, 0.15) is 15.9 Å². The number of fused-ring (bicyclic) bond motifs is 1. The van der Waals surface area contributed by atoms with E-state index >= 15 is 0 Å². The number of carbonyl (C=O) groups is 1. The third kappa shape index (κ3) is 3.26. The largest absolute Gasteiger partial charge is 0.378 e. The molecule has 7 heteroatoms.